The average molecular weight is 274 g/mol. The predicted octanol–water partition coefficient (Wildman–Crippen LogP) is 4.98. The zero-order valence-corrected chi connectivity index (χ0v) is 11.9. The number of hydrogen-bond donors (Lipinski definition) is 1. The zero-order valence-electron chi connectivity index (χ0n) is 11.9. The molecule has 1 heteroatoms. The van der Waals surface area contributed by atoms with Crippen molar-refractivity contribution in [3.05, 3.63) is 90.5 Å². The molecule has 3 aromatic rings. The van der Waals surface area contributed by atoms with Crippen molar-refractivity contribution >= 4 is 16.3 Å². The summed E-state index contributed by atoms with van der Waals surface area (Å²) in [5.74, 6) is 0. The molecule has 0 radical (unpaired) electrons. The van der Waals surface area contributed by atoms with Gasteiger partial charge in [0, 0.05) is 6.42 Å². The van der Waals surface area contributed by atoms with Gasteiger partial charge in [-0.05, 0) is 27.5 Å². The third-order valence-corrected chi connectivity index (χ3v) is 3.80. The van der Waals surface area contributed by atoms with E-state index in [4.69, 9.17) is 0 Å². The second-order valence-corrected chi connectivity index (χ2v) is 5.26. The van der Waals surface area contributed by atoms with Crippen LogP contribution in [-0.4, -0.2) is 5.11 Å². The van der Waals surface area contributed by atoms with Crippen LogP contribution in [0, 0.1) is 0 Å². The van der Waals surface area contributed by atoms with Gasteiger partial charge in [0.05, 0.1) is 6.10 Å². The van der Waals surface area contributed by atoms with Crippen LogP contribution < -0.4 is 0 Å². The Bertz CT molecular complexity index is 754. The fraction of sp³-hybridized carbons (Fsp3) is 0.100. The van der Waals surface area contributed by atoms with Crippen LogP contribution in [0.15, 0.2) is 79.4 Å². The molecule has 0 aliphatic carbocycles. The highest BCUT2D eigenvalue weighted by Gasteiger charge is 2.13. The van der Waals surface area contributed by atoms with Gasteiger partial charge >= 0.3 is 0 Å². The van der Waals surface area contributed by atoms with Crippen LogP contribution in [0.5, 0.6) is 0 Å². The van der Waals surface area contributed by atoms with E-state index in [1.54, 1.807) is 0 Å². The van der Waals surface area contributed by atoms with E-state index in [0.29, 0.717) is 6.42 Å². The first-order valence-electron chi connectivity index (χ1n) is 7.14. The summed E-state index contributed by atoms with van der Waals surface area (Å²) in [6, 6.07) is 24.2. The molecular weight excluding hydrogens is 256 g/mol. The van der Waals surface area contributed by atoms with Gasteiger partial charge in [-0.3, -0.25) is 0 Å². The summed E-state index contributed by atoms with van der Waals surface area (Å²) >= 11 is 0. The van der Waals surface area contributed by atoms with Crippen molar-refractivity contribution in [1.29, 1.82) is 0 Å². The normalized spacial score (nSPS) is 12.2. The molecule has 0 amide bonds. The van der Waals surface area contributed by atoms with E-state index >= 15 is 0 Å². The molecule has 3 aromatic carbocycles. The van der Waals surface area contributed by atoms with Crippen molar-refractivity contribution in [3.63, 3.8) is 0 Å². The highest BCUT2D eigenvalue weighted by Crippen LogP contribution is 2.30. The Morgan fingerprint density at radius 1 is 0.857 bits per heavy atom. The molecule has 1 unspecified atom stereocenters. The number of rotatable bonds is 4. The van der Waals surface area contributed by atoms with Gasteiger partial charge in [-0.2, -0.15) is 0 Å². The van der Waals surface area contributed by atoms with Crippen LogP contribution in [0.3, 0.4) is 0 Å². The summed E-state index contributed by atoms with van der Waals surface area (Å²) in [6.45, 7) is 4.11. The van der Waals surface area contributed by atoms with Gasteiger partial charge in [-0.25, -0.2) is 0 Å². The topological polar surface area (TPSA) is 20.2 Å². The van der Waals surface area contributed by atoms with Gasteiger partial charge in [-0.1, -0.05) is 79.4 Å². The van der Waals surface area contributed by atoms with Crippen LogP contribution in [0.1, 0.15) is 23.7 Å². The summed E-state index contributed by atoms with van der Waals surface area (Å²) in [4.78, 5) is 0. The maximum atomic E-state index is 10.6. The van der Waals surface area contributed by atoms with E-state index in [1.807, 2.05) is 54.6 Å². The maximum absolute atomic E-state index is 10.6. The van der Waals surface area contributed by atoms with Crippen LogP contribution in [0.2, 0.25) is 0 Å². The number of benzene rings is 3. The smallest absolute Gasteiger partial charge is 0.0836 e. The fourth-order valence-corrected chi connectivity index (χ4v) is 2.68. The standard InChI is InChI=1S/C20H18O/c1-15(16-8-3-2-4-9-16)14-20(21)19-13-7-11-17-10-5-6-12-18(17)19/h2-13,20-21H,1,14H2. The van der Waals surface area contributed by atoms with Gasteiger partial charge < -0.3 is 5.11 Å². The molecule has 104 valence electrons. The number of aliphatic hydroxyl groups is 1. The van der Waals surface area contributed by atoms with E-state index in [9.17, 15) is 5.11 Å². The highest BCUT2D eigenvalue weighted by atomic mass is 16.3. The molecule has 0 fully saturated rings. The van der Waals surface area contributed by atoms with Crippen molar-refractivity contribution in [2.75, 3.05) is 0 Å². The zero-order chi connectivity index (χ0) is 14.7. The first-order valence-corrected chi connectivity index (χ1v) is 7.14. The molecule has 0 saturated carbocycles. The Kier molecular flexibility index (Phi) is 3.85. The molecule has 0 aliphatic rings. The molecule has 1 N–H and O–H groups in total. The Hall–Kier alpha value is -2.38. The van der Waals surface area contributed by atoms with Gasteiger partial charge in [-0.15, -0.1) is 0 Å². The highest BCUT2D eigenvalue weighted by molar-refractivity contribution is 5.86. The minimum atomic E-state index is -0.538. The summed E-state index contributed by atoms with van der Waals surface area (Å²) in [5, 5.41) is 12.8. The largest absolute Gasteiger partial charge is 0.388 e. The van der Waals surface area contributed by atoms with Crippen LogP contribution in [-0.2, 0) is 0 Å². The predicted molar refractivity (Wildman–Crippen MR) is 89.0 cm³/mol. The second kappa shape index (κ2) is 5.94. The molecule has 0 heterocycles. The molecule has 1 atom stereocenters. The Labute approximate surface area is 125 Å². The van der Waals surface area contributed by atoms with Crippen molar-refractivity contribution < 1.29 is 5.11 Å². The third-order valence-electron chi connectivity index (χ3n) is 3.80. The number of fused-ring (bicyclic) bond motifs is 1. The lowest BCUT2D eigenvalue weighted by molar-refractivity contribution is 0.185. The van der Waals surface area contributed by atoms with Crippen molar-refractivity contribution in [2.24, 2.45) is 0 Å². The van der Waals surface area contributed by atoms with E-state index in [2.05, 4.69) is 24.8 Å². The minimum Gasteiger partial charge on any atom is -0.388 e. The molecule has 1 nitrogen and oxygen atoms in total. The SMILES string of the molecule is C=C(CC(O)c1cccc2ccccc12)c1ccccc1. The van der Waals surface area contributed by atoms with Crippen LogP contribution >= 0.6 is 0 Å². The molecular formula is C20H18O. The van der Waals surface area contributed by atoms with Crippen molar-refractivity contribution in [2.45, 2.75) is 12.5 Å². The number of hydrogen-bond acceptors (Lipinski definition) is 1. The summed E-state index contributed by atoms with van der Waals surface area (Å²) in [5.41, 5.74) is 3.00. The van der Waals surface area contributed by atoms with Crippen molar-refractivity contribution in [1.82, 2.24) is 0 Å². The van der Waals surface area contributed by atoms with Gasteiger partial charge in [0.25, 0.3) is 0 Å². The van der Waals surface area contributed by atoms with Crippen molar-refractivity contribution in [3.8, 4) is 0 Å². The van der Waals surface area contributed by atoms with Crippen LogP contribution in [0.25, 0.3) is 16.3 Å². The molecule has 0 spiro atoms. The first-order chi connectivity index (χ1) is 10.3. The molecule has 0 saturated heterocycles. The van der Waals surface area contributed by atoms with Gasteiger partial charge in [0.15, 0.2) is 0 Å². The Balaban J connectivity index is 1.88. The van der Waals surface area contributed by atoms with Crippen LogP contribution in [0.4, 0.5) is 0 Å². The summed E-state index contributed by atoms with van der Waals surface area (Å²) in [7, 11) is 0. The maximum Gasteiger partial charge on any atom is 0.0836 e. The first kappa shape index (κ1) is 13.6. The van der Waals surface area contributed by atoms with Gasteiger partial charge in [0.2, 0.25) is 0 Å². The lowest BCUT2D eigenvalue weighted by atomic mass is 9.94. The minimum absolute atomic E-state index is 0.538. The molecule has 0 aromatic heterocycles. The second-order valence-electron chi connectivity index (χ2n) is 5.26. The lowest BCUT2D eigenvalue weighted by Gasteiger charge is -2.15. The summed E-state index contributed by atoms with van der Waals surface area (Å²) < 4.78 is 0. The van der Waals surface area contributed by atoms with Gasteiger partial charge in [0.1, 0.15) is 0 Å². The molecule has 0 aliphatic heterocycles. The molecule has 0 bridgehead atoms. The lowest BCUT2D eigenvalue weighted by Crippen LogP contribution is -1.99. The van der Waals surface area contributed by atoms with E-state index in [0.717, 1.165) is 27.5 Å². The Morgan fingerprint density at radius 3 is 2.33 bits per heavy atom. The Morgan fingerprint density at radius 2 is 1.52 bits per heavy atom. The molecule has 21 heavy (non-hydrogen) atoms. The summed E-state index contributed by atoms with van der Waals surface area (Å²) in [6.07, 6.45) is 0.00156. The van der Waals surface area contributed by atoms with E-state index in [-0.39, 0.29) is 0 Å². The fourth-order valence-electron chi connectivity index (χ4n) is 2.68. The third kappa shape index (κ3) is 2.88. The quantitative estimate of drug-likeness (QED) is 0.711. The molecule has 3 rings (SSSR count). The van der Waals surface area contributed by atoms with E-state index in [1.165, 1.54) is 0 Å². The monoisotopic (exact) mass is 274 g/mol. The average Bonchev–Trinajstić information content (AvgIpc) is 2.55. The number of aliphatic hydroxyl groups excluding tert-OH is 1. The van der Waals surface area contributed by atoms with E-state index < -0.39 is 6.10 Å².